The van der Waals surface area contributed by atoms with Crippen molar-refractivity contribution in [1.82, 2.24) is 4.57 Å². The number of aryl methyl sites for hydroxylation is 2. The molecule has 0 saturated carbocycles. The van der Waals surface area contributed by atoms with Gasteiger partial charge in [0, 0.05) is 17.8 Å². The van der Waals surface area contributed by atoms with E-state index in [1.165, 1.54) is 0 Å². The minimum absolute atomic E-state index is 0.281. The first-order valence-electron chi connectivity index (χ1n) is 7.08. The van der Waals surface area contributed by atoms with E-state index in [1.807, 2.05) is 44.6 Å². The van der Waals surface area contributed by atoms with Gasteiger partial charge in [0.2, 0.25) is 0 Å². The number of nitrogens with zero attached hydrogens (tertiary/aromatic N) is 4. The highest BCUT2D eigenvalue weighted by Crippen LogP contribution is 2.18. The Kier molecular flexibility index (Phi) is 5.45. The zero-order valence-corrected chi connectivity index (χ0v) is 13.9. The van der Waals surface area contributed by atoms with Gasteiger partial charge >= 0.3 is 5.95 Å². The molecule has 9 heteroatoms. The van der Waals surface area contributed by atoms with Gasteiger partial charge in [0.25, 0.3) is 10.1 Å². The van der Waals surface area contributed by atoms with Crippen molar-refractivity contribution in [3.05, 3.63) is 36.7 Å². The summed E-state index contributed by atoms with van der Waals surface area (Å²) in [6.45, 7) is 0.424. The molecule has 0 aliphatic rings. The molecule has 1 aromatic heterocycles. The number of azo groups is 1. The SMILES string of the molecule is CNc1ccc(N=Nc2n(CCCS(=O)(=O)O)cc[n+]2C)cc1. The molecule has 1 aromatic carbocycles. The second kappa shape index (κ2) is 7.34. The first kappa shape index (κ1) is 17.1. The molecule has 8 nitrogen and oxygen atoms in total. The van der Waals surface area contributed by atoms with Crippen LogP contribution >= 0.6 is 0 Å². The molecule has 0 aliphatic heterocycles. The molecule has 2 rings (SSSR count). The van der Waals surface area contributed by atoms with Crippen molar-refractivity contribution in [3.8, 4) is 0 Å². The summed E-state index contributed by atoms with van der Waals surface area (Å²) in [5.41, 5.74) is 1.71. The highest BCUT2D eigenvalue weighted by atomic mass is 32.2. The van der Waals surface area contributed by atoms with Gasteiger partial charge in [-0.05, 0) is 30.7 Å². The lowest BCUT2D eigenvalue weighted by Crippen LogP contribution is -2.25. The van der Waals surface area contributed by atoms with Crippen molar-refractivity contribution in [1.29, 1.82) is 0 Å². The van der Waals surface area contributed by atoms with E-state index in [0.717, 1.165) is 11.4 Å². The van der Waals surface area contributed by atoms with Gasteiger partial charge in [-0.1, -0.05) is 5.11 Å². The second-order valence-corrected chi connectivity index (χ2v) is 6.61. The number of benzene rings is 1. The average molecular weight is 338 g/mol. The first-order valence-corrected chi connectivity index (χ1v) is 8.69. The van der Waals surface area contributed by atoms with Gasteiger partial charge in [0.05, 0.1) is 31.7 Å². The van der Waals surface area contributed by atoms with Crippen LogP contribution in [0, 0.1) is 0 Å². The van der Waals surface area contributed by atoms with E-state index in [9.17, 15) is 8.42 Å². The second-order valence-electron chi connectivity index (χ2n) is 5.04. The number of rotatable bonds is 7. The molecule has 0 fully saturated rings. The summed E-state index contributed by atoms with van der Waals surface area (Å²) in [6, 6.07) is 7.50. The van der Waals surface area contributed by atoms with E-state index < -0.39 is 10.1 Å². The van der Waals surface area contributed by atoms with E-state index in [4.69, 9.17) is 4.55 Å². The molecule has 0 saturated heterocycles. The summed E-state index contributed by atoms with van der Waals surface area (Å²) in [5, 5.41) is 11.4. The van der Waals surface area contributed by atoms with Crippen LogP contribution in [0.25, 0.3) is 0 Å². The minimum Gasteiger partial charge on any atom is -0.388 e. The van der Waals surface area contributed by atoms with Gasteiger partial charge in [0.15, 0.2) is 0 Å². The summed E-state index contributed by atoms with van der Waals surface area (Å²) >= 11 is 0. The number of nitrogens with one attached hydrogen (secondary N) is 1. The lowest BCUT2D eigenvalue weighted by Gasteiger charge is -1.99. The maximum absolute atomic E-state index is 10.8. The zero-order chi connectivity index (χ0) is 16.9. The Morgan fingerprint density at radius 2 is 1.96 bits per heavy atom. The molecular formula is C14H20N5O3S+. The van der Waals surface area contributed by atoms with Gasteiger partial charge in [-0.25, -0.2) is 9.13 Å². The summed E-state index contributed by atoms with van der Waals surface area (Å²) < 4.78 is 33.9. The van der Waals surface area contributed by atoms with Gasteiger partial charge in [-0.2, -0.15) is 8.42 Å². The molecule has 0 atom stereocenters. The third kappa shape index (κ3) is 5.15. The Morgan fingerprint density at radius 1 is 1.26 bits per heavy atom. The molecule has 0 radical (unpaired) electrons. The predicted molar refractivity (Wildman–Crippen MR) is 86.8 cm³/mol. The van der Waals surface area contributed by atoms with E-state index in [2.05, 4.69) is 15.5 Å². The van der Waals surface area contributed by atoms with Crippen molar-refractivity contribution in [3.63, 3.8) is 0 Å². The molecule has 2 N–H and O–H groups in total. The van der Waals surface area contributed by atoms with Crippen molar-refractivity contribution < 1.29 is 17.5 Å². The molecule has 1 heterocycles. The lowest BCUT2D eigenvalue weighted by atomic mass is 10.3. The smallest absolute Gasteiger partial charge is 0.388 e. The number of anilines is 1. The fraction of sp³-hybridized carbons (Fsp3) is 0.357. The fourth-order valence-electron chi connectivity index (χ4n) is 2.03. The third-order valence-electron chi connectivity index (χ3n) is 3.25. The summed E-state index contributed by atoms with van der Waals surface area (Å²) in [6.07, 6.45) is 3.90. The van der Waals surface area contributed by atoms with Crippen molar-refractivity contribution in [2.75, 3.05) is 18.1 Å². The molecule has 23 heavy (non-hydrogen) atoms. The molecule has 0 unspecified atom stereocenters. The topological polar surface area (TPSA) is 99.9 Å². The standard InChI is InChI=1S/C14H19N5O3S/c1-15-12-4-6-13(7-5-12)16-17-14-18(2)9-10-19(14)8-3-11-23(20,21)22/h4-7,9-10H,3,8,11H2,1-2H3,(H,20,21,22)/p+1. The molecular weight excluding hydrogens is 318 g/mol. The van der Waals surface area contributed by atoms with E-state index >= 15 is 0 Å². The van der Waals surface area contributed by atoms with Crippen LogP contribution in [-0.2, 0) is 23.7 Å². The quantitative estimate of drug-likeness (QED) is 0.458. The van der Waals surface area contributed by atoms with Crippen molar-refractivity contribution in [2.24, 2.45) is 17.3 Å². The molecule has 0 spiro atoms. The number of imidazole rings is 1. The number of aromatic nitrogens is 2. The van der Waals surface area contributed by atoms with Crippen LogP contribution in [0.2, 0.25) is 0 Å². The number of hydrogen-bond acceptors (Lipinski definition) is 5. The van der Waals surface area contributed by atoms with Crippen molar-refractivity contribution >= 4 is 27.4 Å². The molecule has 0 bridgehead atoms. The Labute approximate surface area is 135 Å². The Morgan fingerprint density at radius 3 is 2.57 bits per heavy atom. The van der Waals surface area contributed by atoms with E-state index in [1.54, 1.807) is 15.3 Å². The lowest BCUT2D eigenvalue weighted by molar-refractivity contribution is -0.657. The van der Waals surface area contributed by atoms with Crippen LogP contribution in [0.15, 0.2) is 46.9 Å². The monoisotopic (exact) mass is 338 g/mol. The van der Waals surface area contributed by atoms with Crippen LogP contribution in [0.1, 0.15) is 6.42 Å². The highest BCUT2D eigenvalue weighted by Gasteiger charge is 2.15. The van der Waals surface area contributed by atoms with Crippen LogP contribution in [0.5, 0.6) is 0 Å². The Balaban J connectivity index is 2.09. The highest BCUT2D eigenvalue weighted by molar-refractivity contribution is 7.85. The largest absolute Gasteiger partial charge is 0.421 e. The summed E-state index contributed by atoms with van der Waals surface area (Å²) in [5.74, 6) is 0.315. The molecule has 0 amide bonds. The fourth-order valence-corrected chi connectivity index (χ4v) is 2.53. The van der Waals surface area contributed by atoms with Gasteiger partial charge in [0.1, 0.15) is 5.69 Å². The van der Waals surface area contributed by atoms with Gasteiger partial charge in [-0.3, -0.25) is 4.55 Å². The number of hydrogen-bond donors (Lipinski definition) is 2. The zero-order valence-electron chi connectivity index (χ0n) is 13.0. The summed E-state index contributed by atoms with van der Waals surface area (Å²) in [4.78, 5) is 0. The van der Waals surface area contributed by atoms with Gasteiger partial charge in [-0.15, -0.1) is 0 Å². The summed E-state index contributed by atoms with van der Waals surface area (Å²) in [7, 11) is -0.268. The van der Waals surface area contributed by atoms with E-state index in [-0.39, 0.29) is 5.75 Å². The van der Waals surface area contributed by atoms with E-state index in [0.29, 0.717) is 18.9 Å². The maximum Gasteiger partial charge on any atom is 0.421 e. The Hall–Kier alpha value is -2.26. The molecule has 124 valence electrons. The Bertz CT molecular complexity index is 781. The normalized spacial score (nSPS) is 12.0. The van der Waals surface area contributed by atoms with Crippen molar-refractivity contribution in [2.45, 2.75) is 13.0 Å². The predicted octanol–water partition coefficient (Wildman–Crippen LogP) is 2.05. The molecule has 2 aromatic rings. The van der Waals surface area contributed by atoms with Crippen LogP contribution < -0.4 is 9.88 Å². The van der Waals surface area contributed by atoms with Crippen LogP contribution in [0.4, 0.5) is 17.3 Å². The minimum atomic E-state index is -3.94. The molecule has 0 aliphatic carbocycles. The maximum atomic E-state index is 10.8. The van der Waals surface area contributed by atoms with Crippen LogP contribution in [-0.4, -0.2) is 30.3 Å². The van der Waals surface area contributed by atoms with Crippen LogP contribution in [0.3, 0.4) is 0 Å². The first-order chi connectivity index (χ1) is 10.9. The third-order valence-corrected chi connectivity index (χ3v) is 4.06. The van der Waals surface area contributed by atoms with Gasteiger partial charge < -0.3 is 5.32 Å². The average Bonchev–Trinajstić information content (AvgIpc) is 2.85.